The fourth-order valence-corrected chi connectivity index (χ4v) is 3.64. The van der Waals surface area contributed by atoms with Gasteiger partial charge in [-0.3, -0.25) is 9.59 Å². The number of thiophene rings is 1. The summed E-state index contributed by atoms with van der Waals surface area (Å²) in [7, 11) is 0. The fraction of sp³-hybridized carbons (Fsp3) is 0.263. The standard InChI is InChI=1S/C19H17F3N2O2S/c1-2-12-5-3-7-14-15(18(26)19(20,21)22)10-24(17(12)14)11-16(25)23-9-13-6-4-8-27-13/h3-8,10H,2,9,11H2,1H3,(H,23,25). The first-order valence-corrected chi connectivity index (χ1v) is 9.20. The number of nitrogens with zero attached hydrogens (tertiary/aromatic N) is 1. The van der Waals surface area contributed by atoms with E-state index < -0.39 is 17.5 Å². The van der Waals surface area contributed by atoms with Crippen molar-refractivity contribution in [2.75, 3.05) is 0 Å². The van der Waals surface area contributed by atoms with Crippen molar-refractivity contribution in [3.63, 3.8) is 0 Å². The van der Waals surface area contributed by atoms with Crippen LogP contribution in [0.25, 0.3) is 10.9 Å². The molecule has 1 aromatic carbocycles. The molecule has 142 valence electrons. The van der Waals surface area contributed by atoms with E-state index in [-0.39, 0.29) is 17.8 Å². The highest BCUT2D eigenvalue weighted by Crippen LogP contribution is 2.30. The molecule has 0 saturated heterocycles. The molecular weight excluding hydrogens is 377 g/mol. The van der Waals surface area contributed by atoms with Crippen molar-refractivity contribution in [2.24, 2.45) is 0 Å². The number of fused-ring (bicyclic) bond motifs is 1. The number of hydrogen-bond acceptors (Lipinski definition) is 3. The molecule has 0 unspecified atom stereocenters. The lowest BCUT2D eigenvalue weighted by atomic mass is 10.0. The number of halogens is 3. The van der Waals surface area contributed by atoms with Crippen LogP contribution < -0.4 is 5.32 Å². The quantitative estimate of drug-likeness (QED) is 0.633. The smallest absolute Gasteiger partial charge is 0.350 e. The largest absolute Gasteiger partial charge is 0.454 e. The van der Waals surface area contributed by atoms with E-state index in [1.807, 2.05) is 24.4 Å². The monoisotopic (exact) mass is 394 g/mol. The predicted molar refractivity (Wildman–Crippen MR) is 97.9 cm³/mol. The van der Waals surface area contributed by atoms with E-state index in [4.69, 9.17) is 0 Å². The van der Waals surface area contributed by atoms with Gasteiger partial charge in [-0.25, -0.2) is 0 Å². The van der Waals surface area contributed by atoms with Crippen LogP contribution in [-0.4, -0.2) is 22.4 Å². The maximum absolute atomic E-state index is 13.0. The molecule has 8 heteroatoms. The van der Waals surface area contributed by atoms with Crippen LogP contribution in [0.15, 0.2) is 41.9 Å². The van der Waals surface area contributed by atoms with Crippen LogP contribution in [0, 0.1) is 0 Å². The van der Waals surface area contributed by atoms with Crippen LogP contribution >= 0.6 is 11.3 Å². The van der Waals surface area contributed by atoms with Crippen LogP contribution in [0.3, 0.4) is 0 Å². The van der Waals surface area contributed by atoms with Crippen molar-refractivity contribution in [3.8, 4) is 0 Å². The van der Waals surface area contributed by atoms with E-state index in [0.717, 1.165) is 16.6 Å². The van der Waals surface area contributed by atoms with Gasteiger partial charge in [-0.05, 0) is 23.4 Å². The highest BCUT2D eigenvalue weighted by atomic mass is 32.1. The lowest BCUT2D eigenvalue weighted by molar-refractivity contribution is -0.121. The van der Waals surface area contributed by atoms with Crippen molar-refractivity contribution >= 4 is 33.9 Å². The number of hydrogen-bond donors (Lipinski definition) is 1. The summed E-state index contributed by atoms with van der Waals surface area (Å²) < 4.78 is 40.3. The number of aromatic nitrogens is 1. The molecule has 1 N–H and O–H groups in total. The van der Waals surface area contributed by atoms with Crippen LogP contribution in [-0.2, 0) is 24.3 Å². The Morgan fingerprint density at radius 3 is 2.59 bits per heavy atom. The van der Waals surface area contributed by atoms with Gasteiger partial charge in [-0.2, -0.15) is 13.2 Å². The van der Waals surface area contributed by atoms with Crippen LogP contribution in [0.1, 0.15) is 27.7 Å². The van der Waals surface area contributed by atoms with E-state index in [9.17, 15) is 22.8 Å². The Bertz CT molecular complexity index is 975. The summed E-state index contributed by atoms with van der Waals surface area (Å²) in [6.07, 6.45) is -3.27. The zero-order valence-electron chi connectivity index (χ0n) is 14.5. The molecule has 0 bridgehead atoms. The number of amides is 1. The number of aryl methyl sites for hydroxylation is 1. The van der Waals surface area contributed by atoms with E-state index in [0.29, 0.717) is 18.5 Å². The Labute approximate surface area is 157 Å². The normalized spacial score (nSPS) is 11.7. The molecular formula is C19H17F3N2O2S. The number of carbonyl (C=O) groups is 2. The molecule has 2 aromatic heterocycles. The van der Waals surface area contributed by atoms with Gasteiger partial charge in [-0.1, -0.05) is 31.2 Å². The minimum Gasteiger partial charge on any atom is -0.350 e. The maximum atomic E-state index is 13.0. The first-order valence-electron chi connectivity index (χ1n) is 8.32. The number of ketones is 1. The number of alkyl halides is 3. The molecule has 2 heterocycles. The first-order chi connectivity index (χ1) is 12.8. The van der Waals surface area contributed by atoms with Gasteiger partial charge < -0.3 is 9.88 Å². The Morgan fingerprint density at radius 1 is 1.19 bits per heavy atom. The van der Waals surface area contributed by atoms with Gasteiger partial charge >= 0.3 is 6.18 Å². The van der Waals surface area contributed by atoms with Gasteiger partial charge in [0.15, 0.2) is 0 Å². The average Bonchev–Trinajstić information content (AvgIpc) is 3.26. The number of Topliss-reactive ketones (excluding diaryl/α,β-unsaturated/α-hetero) is 1. The topological polar surface area (TPSA) is 51.1 Å². The molecule has 0 aliphatic carbocycles. The summed E-state index contributed by atoms with van der Waals surface area (Å²) in [5, 5.41) is 4.85. The SMILES string of the molecule is CCc1cccc2c(C(=O)C(F)(F)F)cn(CC(=O)NCc3cccs3)c12. The second-order valence-corrected chi connectivity index (χ2v) is 7.05. The Morgan fingerprint density at radius 2 is 1.96 bits per heavy atom. The average molecular weight is 394 g/mol. The molecule has 3 aromatic rings. The zero-order chi connectivity index (χ0) is 19.6. The van der Waals surface area contributed by atoms with E-state index in [1.54, 1.807) is 12.1 Å². The maximum Gasteiger partial charge on any atom is 0.454 e. The zero-order valence-corrected chi connectivity index (χ0v) is 15.3. The summed E-state index contributed by atoms with van der Waals surface area (Å²) in [6.45, 7) is 2.06. The van der Waals surface area contributed by atoms with Gasteiger partial charge in [0, 0.05) is 16.5 Å². The molecule has 0 atom stereocenters. The van der Waals surface area contributed by atoms with Gasteiger partial charge in [0.25, 0.3) is 5.78 Å². The van der Waals surface area contributed by atoms with Crippen molar-refractivity contribution in [3.05, 3.63) is 57.9 Å². The van der Waals surface area contributed by atoms with Crippen LogP contribution in [0.2, 0.25) is 0 Å². The second-order valence-electron chi connectivity index (χ2n) is 6.02. The Balaban J connectivity index is 1.94. The molecule has 0 fully saturated rings. The highest BCUT2D eigenvalue weighted by Gasteiger charge is 2.41. The predicted octanol–water partition coefficient (Wildman–Crippen LogP) is 4.33. The van der Waals surface area contributed by atoms with Crippen LogP contribution in [0.4, 0.5) is 13.2 Å². The number of para-hydroxylation sites is 1. The third kappa shape index (κ3) is 4.05. The fourth-order valence-electron chi connectivity index (χ4n) is 2.99. The number of nitrogens with one attached hydrogen (secondary N) is 1. The highest BCUT2D eigenvalue weighted by molar-refractivity contribution is 7.09. The molecule has 27 heavy (non-hydrogen) atoms. The summed E-state index contributed by atoms with van der Waals surface area (Å²) >= 11 is 1.50. The second kappa shape index (κ2) is 7.56. The lowest BCUT2D eigenvalue weighted by Gasteiger charge is -2.09. The summed E-state index contributed by atoms with van der Waals surface area (Å²) in [4.78, 5) is 25.1. The van der Waals surface area contributed by atoms with Gasteiger partial charge in [0.1, 0.15) is 6.54 Å². The van der Waals surface area contributed by atoms with Crippen molar-refractivity contribution in [2.45, 2.75) is 32.6 Å². The summed E-state index contributed by atoms with van der Waals surface area (Å²) in [6, 6.07) is 8.63. The molecule has 0 aliphatic rings. The van der Waals surface area contributed by atoms with E-state index in [1.165, 1.54) is 22.0 Å². The molecule has 0 saturated carbocycles. The number of carbonyl (C=O) groups excluding carboxylic acids is 2. The lowest BCUT2D eigenvalue weighted by Crippen LogP contribution is -2.26. The molecule has 3 rings (SSSR count). The van der Waals surface area contributed by atoms with Gasteiger partial charge in [0.05, 0.1) is 17.6 Å². The minimum absolute atomic E-state index is 0.163. The molecule has 4 nitrogen and oxygen atoms in total. The molecule has 0 spiro atoms. The third-order valence-electron chi connectivity index (χ3n) is 4.22. The van der Waals surface area contributed by atoms with E-state index >= 15 is 0 Å². The first kappa shape index (κ1) is 19.2. The van der Waals surface area contributed by atoms with Crippen molar-refractivity contribution in [1.29, 1.82) is 0 Å². The van der Waals surface area contributed by atoms with Crippen molar-refractivity contribution < 1.29 is 22.8 Å². The number of rotatable bonds is 6. The number of benzene rings is 1. The molecule has 1 amide bonds. The van der Waals surface area contributed by atoms with E-state index in [2.05, 4.69) is 5.32 Å². The molecule has 0 aliphatic heterocycles. The van der Waals surface area contributed by atoms with Gasteiger partial charge in [-0.15, -0.1) is 11.3 Å². The Hall–Kier alpha value is -2.61. The third-order valence-corrected chi connectivity index (χ3v) is 5.10. The van der Waals surface area contributed by atoms with Gasteiger partial charge in [0.2, 0.25) is 5.91 Å². The minimum atomic E-state index is -4.97. The van der Waals surface area contributed by atoms with Crippen LogP contribution in [0.5, 0.6) is 0 Å². The Kier molecular flexibility index (Phi) is 5.36. The summed E-state index contributed by atoms with van der Waals surface area (Å²) in [5.74, 6) is -2.24. The molecule has 0 radical (unpaired) electrons. The summed E-state index contributed by atoms with van der Waals surface area (Å²) in [5.41, 5.74) is 0.831. The van der Waals surface area contributed by atoms with Crippen molar-refractivity contribution in [1.82, 2.24) is 9.88 Å².